The molecule has 0 heterocycles. The third-order valence-corrected chi connectivity index (χ3v) is 1.56. The van der Waals surface area contributed by atoms with Gasteiger partial charge in [-0.15, -0.1) is 0 Å². The molecule has 0 saturated heterocycles. The van der Waals surface area contributed by atoms with Crippen molar-refractivity contribution in [1.29, 1.82) is 0 Å². The molecule has 0 N–H and O–H groups in total. The lowest BCUT2D eigenvalue weighted by Gasteiger charge is -2.23. The molecule has 0 radical (unpaired) electrons. The van der Waals surface area contributed by atoms with Gasteiger partial charge in [0.05, 0.1) is 5.03 Å². The minimum Gasteiger partial charge on any atom is -0.491 e. The van der Waals surface area contributed by atoms with Gasteiger partial charge in [0.1, 0.15) is 11.4 Å². The molecule has 0 aromatic heterocycles. The Bertz CT molecular complexity index is 187. The summed E-state index contributed by atoms with van der Waals surface area (Å²) in [4.78, 5) is 0. The minimum absolute atomic E-state index is 0.186. The van der Waals surface area contributed by atoms with E-state index < -0.39 is 0 Å². The summed E-state index contributed by atoms with van der Waals surface area (Å²) in [6, 6.07) is 0. The van der Waals surface area contributed by atoms with Gasteiger partial charge in [0.15, 0.2) is 0 Å². The van der Waals surface area contributed by atoms with Crippen molar-refractivity contribution in [2.24, 2.45) is 0 Å². The second-order valence-corrected chi connectivity index (χ2v) is 3.95. The molecular formula is C10H17ClO. The molecule has 0 spiro atoms. The number of hydrogen-bond donors (Lipinski definition) is 0. The van der Waals surface area contributed by atoms with E-state index in [-0.39, 0.29) is 5.60 Å². The van der Waals surface area contributed by atoms with Gasteiger partial charge in [-0.25, -0.2) is 0 Å². The summed E-state index contributed by atoms with van der Waals surface area (Å²) in [6.07, 6.45) is 2.40. The van der Waals surface area contributed by atoms with Crippen LogP contribution >= 0.6 is 11.6 Å². The predicted octanol–water partition coefficient (Wildman–Crippen LogP) is 3.85. The molecule has 70 valence electrons. The summed E-state index contributed by atoms with van der Waals surface area (Å²) in [5.74, 6) is 0.805. The van der Waals surface area contributed by atoms with Crippen molar-refractivity contribution in [2.45, 2.75) is 39.7 Å². The van der Waals surface area contributed by atoms with Crippen molar-refractivity contribution in [1.82, 2.24) is 0 Å². The van der Waals surface area contributed by atoms with Crippen LogP contribution in [0.4, 0.5) is 0 Å². The highest BCUT2D eigenvalue weighted by Crippen LogP contribution is 2.21. The largest absolute Gasteiger partial charge is 0.491 e. The Morgan fingerprint density at radius 1 is 1.50 bits per heavy atom. The first-order chi connectivity index (χ1) is 5.40. The lowest BCUT2D eigenvalue weighted by atomic mass is 10.2. The standard InChI is InChI=1S/C10H17ClO/c1-6-8(11)9(7-2)12-10(3,4)5/h6H,1,7H2,2-5H3/b9-8-. The van der Waals surface area contributed by atoms with Crippen LogP contribution in [-0.2, 0) is 4.74 Å². The molecule has 1 nitrogen and oxygen atoms in total. The van der Waals surface area contributed by atoms with E-state index in [9.17, 15) is 0 Å². The van der Waals surface area contributed by atoms with Gasteiger partial charge in [-0.05, 0) is 26.8 Å². The van der Waals surface area contributed by atoms with Gasteiger partial charge in [0, 0.05) is 6.42 Å². The summed E-state index contributed by atoms with van der Waals surface area (Å²) in [5.41, 5.74) is -0.186. The third-order valence-electron chi connectivity index (χ3n) is 1.20. The van der Waals surface area contributed by atoms with Crippen LogP contribution in [0, 0.1) is 0 Å². The normalized spacial score (nSPS) is 13.8. The zero-order valence-corrected chi connectivity index (χ0v) is 9.03. The van der Waals surface area contributed by atoms with E-state index in [0.29, 0.717) is 5.03 Å². The van der Waals surface area contributed by atoms with Crippen molar-refractivity contribution in [2.75, 3.05) is 0 Å². The lowest BCUT2D eigenvalue weighted by molar-refractivity contribution is 0.0475. The number of halogens is 1. The molecule has 0 aliphatic rings. The van der Waals surface area contributed by atoms with Gasteiger partial charge in [-0.2, -0.15) is 0 Å². The van der Waals surface area contributed by atoms with Crippen LogP contribution in [-0.4, -0.2) is 5.60 Å². The van der Waals surface area contributed by atoms with Crippen molar-refractivity contribution >= 4 is 11.6 Å². The molecular weight excluding hydrogens is 172 g/mol. The SMILES string of the molecule is C=C/C(Cl)=C(\CC)OC(C)(C)C. The van der Waals surface area contributed by atoms with Gasteiger partial charge in [0.25, 0.3) is 0 Å². The number of rotatable bonds is 3. The van der Waals surface area contributed by atoms with Crippen LogP contribution in [0.25, 0.3) is 0 Å². The summed E-state index contributed by atoms with van der Waals surface area (Å²) in [6.45, 7) is 11.6. The van der Waals surface area contributed by atoms with E-state index in [1.54, 1.807) is 6.08 Å². The molecule has 2 heteroatoms. The fourth-order valence-electron chi connectivity index (χ4n) is 0.773. The Kier molecular flexibility index (Phi) is 4.40. The molecule has 12 heavy (non-hydrogen) atoms. The average molecular weight is 189 g/mol. The quantitative estimate of drug-likeness (QED) is 0.483. The second-order valence-electron chi connectivity index (χ2n) is 3.54. The van der Waals surface area contributed by atoms with E-state index in [1.807, 2.05) is 27.7 Å². The summed E-state index contributed by atoms with van der Waals surface area (Å²) in [7, 11) is 0. The molecule has 0 bridgehead atoms. The maximum atomic E-state index is 5.87. The monoisotopic (exact) mass is 188 g/mol. The van der Waals surface area contributed by atoms with Crippen LogP contribution in [0.5, 0.6) is 0 Å². The van der Waals surface area contributed by atoms with Crippen LogP contribution in [0.1, 0.15) is 34.1 Å². The van der Waals surface area contributed by atoms with Crippen LogP contribution in [0.15, 0.2) is 23.4 Å². The second kappa shape index (κ2) is 4.56. The first kappa shape index (κ1) is 11.6. The van der Waals surface area contributed by atoms with Crippen molar-refractivity contribution in [3.05, 3.63) is 23.4 Å². The van der Waals surface area contributed by atoms with Crippen molar-refractivity contribution < 1.29 is 4.74 Å². The van der Waals surface area contributed by atoms with E-state index in [4.69, 9.17) is 16.3 Å². The van der Waals surface area contributed by atoms with E-state index in [1.165, 1.54) is 0 Å². The molecule has 0 aromatic rings. The number of hydrogen-bond acceptors (Lipinski definition) is 1. The predicted molar refractivity (Wildman–Crippen MR) is 54.2 cm³/mol. The topological polar surface area (TPSA) is 9.23 Å². The van der Waals surface area contributed by atoms with Crippen molar-refractivity contribution in [3.8, 4) is 0 Å². The fourth-order valence-corrected chi connectivity index (χ4v) is 0.945. The molecule has 0 aliphatic heterocycles. The maximum Gasteiger partial charge on any atom is 0.115 e. The van der Waals surface area contributed by atoms with Gasteiger partial charge < -0.3 is 4.74 Å². The molecule has 0 unspecified atom stereocenters. The zero-order chi connectivity index (χ0) is 9.78. The fraction of sp³-hybridized carbons (Fsp3) is 0.600. The summed E-state index contributed by atoms with van der Waals surface area (Å²) >= 11 is 5.87. The zero-order valence-electron chi connectivity index (χ0n) is 8.28. The van der Waals surface area contributed by atoms with E-state index >= 15 is 0 Å². The highest BCUT2D eigenvalue weighted by molar-refractivity contribution is 6.31. The van der Waals surface area contributed by atoms with Crippen LogP contribution in [0.3, 0.4) is 0 Å². The minimum atomic E-state index is -0.186. The molecule has 0 rings (SSSR count). The Morgan fingerprint density at radius 3 is 2.25 bits per heavy atom. The Balaban J connectivity index is 4.48. The van der Waals surface area contributed by atoms with Crippen molar-refractivity contribution in [3.63, 3.8) is 0 Å². The first-order valence-corrected chi connectivity index (χ1v) is 4.48. The molecule has 0 amide bonds. The number of ether oxygens (including phenoxy) is 1. The third kappa shape index (κ3) is 4.45. The smallest absolute Gasteiger partial charge is 0.115 e. The molecule has 0 fully saturated rings. The van der Waals surface area contributed by atoms with Gasteiger partial charge in [0.2, 0.25) is 0 Å². The maximum absolute atomic E-state index is 5.87. The number of allylic oxidation sites excluding steroid dienone is 3. The Hall–Kier alpha value is -0.430. The van der Waals surface area contributed by atoms with E-state index in [2.05, 4.69) is 6.58 Å². The molecule has 0 aromatic carbocycles. The van der Waals surface area contributed by atoms with Gasteiger partial charge in [-0.1, -0.05) is 25.1 Å². The summed E-state index contributed by atoms with van der Waals surface area (Å²) in [5, 5.41) is 0.604. The highest BCUT2D eigenvalue weighted by Gasteiger charge is 2.13. The lowest BCUT2D eigenvalue weighted by Crippen LogP contribution is -2.18. The van der Waals surface area contributed by atoms with Crippen LogP contribution in [0.2, 0.25) is 0 Å². The Labute approximate surface area is 80.1 Å². The van der Waals surface area contributed by atoms with Gasteiger partial charge in [-0.3, -0.25) is 0 Å². The summed E-state index contributed by atoms with van der Waals surface area (Å²) < 4.78 is 5.62. The first-order valence-electron chi connectivity index (χ1n) is 4.10. The average Bonchev–Trinajstić information content (AvgIpc) is 1.97. The molecule has 0 atom stereocenters. The van der Waals surface area contributed by atoms with Crippen LogP contribution < -0.4 is 0 Å². The van der Waals surface area contributed by atoms with E-state index in [0.717, 1.165) is 12.2 Å². The highest BCUT2D eigenvalue weighted by atomic mass is 35.5. The molecule has 0 aliphatic carbocycles. The molecule has 0 saturated carbocycles. The Morgan fingerprint density at radius 2 is 2.00 bits per heavy atom. The van der Waals surface area contributed by atoms with Gasteiger partial charge >= 0.3 is 0 Å².